The van der Waals surface area contributed by atoms with Gasteiger partial charge in [0.05, 0.1) is 22.4 Å². The molecule has 1 aliphatic heterocycles. The van der Waals surface area contributed by atoms with Crippen molar-refractivity contribution in [3.63, 3.8) is 0 Å². The van der Waals surface area contributed by atoms with E-state index in [-0.39, 0.29) is 11.5 Å². The Morgan fingerprint density at radius 2 is 1.50 bits per heavy atom. The average molecular weight is 580 g/mol. The van der Waals surface area contributed by atoms with Crippen LogP contribution in [0.15, 0.2) is 57.1 Å². The second-order valence-electron chi connectivity index (χ2n) is 11.2. The molecule has 2 heterocycles. The van der Waals surface area contributed by atoms with Crippen LogP contribution in [0.2, 0.25) is 0 Å². The van der Waals surface area contributed by atoms with Gasteiger partial charge in [-0.3, -0.25) is 4.79 Å². The predicted octanol–water partition coefficient (Wildman–Crippen LogP) is 10.7. The largest absolute Gasteiger partial charge is 0.506 e. The number of Topliss-reactive ketones (excluding diaryl/α,β-unsaturated/α-hetero) is 1. The van der Waals surface area contributed by atoms with E-state index in [9.17, 15) is 9.90 Å². The number of hydrogen-bond acceptors (Lipinski definition) is 6. The van der Waals surface area contributed by atoms with E-state index in [1.807, 2.05) is 44.2 Å². The van der Waals surface area contributed by atoms with Crippen LogP contribution in [0.5, 0.6) is 5.75 Å². The van der Waals surface area contributed by atoms with Crippen LogP contribution in [0.1, 0.15) is 110 Å². The number of ether oxygens (including phenoxy) is 1. The third-order valence-corrected chi connectivity index (χ3v) is 9.66. The van der Waals surface area contributed by atoms with Gasteiger partial charge in [-0.2, -0.15) is 0 Å². The van der Waals surface area contributed by atoms with Crippen LogP contribution in [0, 0.1) is 5.92 Å². The van der Waals surface area contributed by atoms with E-state index < -0.39 is 0 Å². The maximum Gasteiger partial charge on any atom is 0.204 e. The lowest BCUT2D eigenvalue weighted by Crippen LogP contribution is -2.22. The average Bonchev–Trinajstić information content (AvgIpc) is 3.32. The van der Waals surface area contributed by atoms with Crippen molar-refractivity contribution < 1.29 is 14.6 Å². The summed E-state index contributed by atoms with van der Waals surface area (Å²) in [5.41, 5.74) is 2.33. The number of carbonyl (C=O) groups is 1. The molecule has 0 fully saturated rings. The standard InChI is InChI=1S/C34H45NO3S2/c1-5-7-9-11-12-14-16-25(15-13-10-8-6-2)22-38-27-17-18-28-29(21-27)40-34(35-28)31-32(36)30(33(31)37)26-19-23(3)39-24(4)20-26/h17-21,25,36H,5-16,22H2,1-4H3. The van der Waals surface area contributed by atoms with E-state index in [2.05, 4.69) is 18.8 Å². The van der Waals surface area contributed by atoms with Crippen LogP contribution in [0.4, 0.5) is 0 Å². The Bertz CT molecular complexity index is 1290. The van der Waals surface area contributed by atoms with Crippen LogP contribution >= 0.6 is 23.1 Å². The Kier molecular flexibility index (Phi) is 11.5. The maximum absolute atomic E-state index is 13.1. The molecule has 1 atom stereocenters. The van der Waals surface area contributed by atoms with Gasteiger partial charge in [-0.15, -0.1) is 11.3 Å². The molecule has 2 aliphatic rings. The number of thiazole rings is 1. The second-order valence-corrected chi connectivity index (χ2v) is 13.7. The molecule has 6 heteroatoms. The zero-order valence-corrected chi connectivity index (χ0v) is 26.3. The molecule has 1 unspecified atom stereocenters. The number of allylic oxidation sites excluding steroid dienone is 7. The van der Waals surface area contributed by atoms with Crippen molar-refractivity contribution in [2.45, 2.75) is 105 Å². The van der Waals surface area contributed by atoms with Gasteiger partial charge in [0, 0.05) is 0 Å². The fourth-order valence-electron chi connectivity index (χ4n) is 5.51. The minimum absolute atomic E-state index is 0.0520. The van der Waals surface area contributed by atoms with E-state index in [0.29, 0.717) is 22.1 Å². The monoisotopic (exact) mass is 579 g/mol. The Morgan fingerprint density at radius 3 is 2.15 bits per heavy atom. The highest BCUT2D eigenvalue weighted by Gasteiger charge is 2.38. The molecule has 0 spiro atoms. The summed E-state index contributed by atoms with van der Waals surface area (Å²) in [4.78, 5) is 20.0. The number of benzene rings is 1. The highest BCUT2D eigenvalue weighted by molar-refractivity contribution is 8.06. The molecule has 1 aromatic heterocycles. The number of hydrogen-bond donors (Lipinski definition) is 1. The number of thioether (sulfide) groups is 1. The molecule has 4 rings (SSSR count). The number of aliphatic hydroxyl groups is 1. The molecule has 0 radical (unpaired) electrons. The first-order chi connectivity index (χ1) is 19.4. The lowest BCUT2D eigenvalue weighted by Gasteiger charge is -2.23. The van der Waals surface area contributed by atoms with Gasteiger partial charge in [0.2, 0.25) is 5.78 Å². The molecule has 0 bridgehead atoms. The smallest absolute Gasteiger partial charge is 0.204 e. The summed E-state index contributed by atoms with van der Waals surface area (Å²) in [6, 6.07) is 5.98. The van der Waals surface area contributed by atoms with Crippen molar-refractivity contribution in [2.75, 3.05) is 6.61 Å². The number of ketones is 1. The first-order valence-electron chi connectivity index (χ1n) is 15.2. The molecule has 1 aliphatic carbocycles. The number of aliphatic hydroxyl groups excluding tert-OH is 1. The van der Waals surface area contributed by atoms with E-state index in [4.69, 9.17) is 4.74 Å². The number of fused-ring (bicyclic) bond motifs is 1. The van der Waals surface area contributed by atoms with Gasteiger partial charge >= 0.3 is 0 Å². The van der Waals surface area contributed by atoms with Crippen molar-refractivity contribution in [1.29, 1.82) is 0 Å². The van der Waals surface area contributed by atoms with Gasteiger partial charge < -0.3 is 9.84 Å². The van der Waals surface area contributed by atoms with Crippen LogP contribution < -0.4 is 4.74 Å². The molecule has 2 aromatic rings. The summed E-state index contributed by atoms with van der Waals surface area (Å²) in [6.07, 6.45) is 19.5. The lowest BCUT2D eigenvalue weighted by atomic mass is 9.84. The fourth-order valence-corrected chi connectivity index (χ4v) is 7.42. The van der Waals surface area contributed by atoms with Crippen LogP contribution in [0.25, 0.3) is 15.8 Å². The van der Waals surface area contributed by atoms with Gasteiger partial charge in [-0.05, 0) is 78.3 Å². The summed E-state index contributed by atoms with van der Waals surface area (Å²) in [5, 5.41) is 11.4. The van der Waals surface area contributed by atoms with E-state index in [1.165, 1.54) is 88.4 Å². The van der Waals surface area contributed by atoms with Crippen molar-refractivity contribution in [3.8, 4) is 5.75 Å². The first-order valence-corrected chi connectivity index (χ1v) is 16.8. The van der Waals surface area contributed by atoms with Crippen molar-refractivity contribution >= 4 is 44.7 Å². The second kappa shape index (κ2) is 15.1. The summed E-state index contributed by atoms with van der Waals surface area (Å²) >= 11 is 3.12. The molecule has 1 aromatic carbocycles. The Balaban J connectivity index is 1.41. The normalized spacial score (nSPS) is 16.4. The van der Waals surface area contributed by atoms with Gasteiger partial charge in [-0.1, -0.05) is 89.8 Å². The van der Waals surface area contributed by atoms with Gasteiger partial charge in [0.1, 0.15) is 22.1 Å². The number of unbranched alkanes of at least 4 members (excludes halogenated alkanes) is 8. The zero-order valence-electron chi connectivity index (χ0n) is 24.7. The fraction of sp³-hybridized carbons (Fsp3) is 0.529. The van der Waals surface area contributed by atoms with E-state index in [0.717, 1.165) is 38.0 Å². The number of carbonyl (C=O) groups excluding carboxylic acids is 1. The molecular weight excluding hydrogens is 535 g/mol. The number of nitrogens with zero attached hydrogens (tertiary/aromatic N) is 1. The topological polar surface area (TPSA) is 59.4 Å². The van der Waals surface area contributed by atoms with Crippen LogP contribution in [-0.2, 0) is 4.79 Å². The summed E-state index contributed by atoms with van der Waals surface area (Å²) in [6.45, 7) is 9.31. The first kappa shape index (κ1) is 30.6. The minimum Gasteiger partial charge on any atom is -0.506 e. The Labute approximate surface area is 248 Å². The number of aromatic nitrogens is 1. The quantitative estimate of drug-likeness (QED) is 0.158. The Hall–Kier alpha value is -2.31. The Morgan fingerprint density at radius 1 is 0.875 bits per heavy atom. The van der Waals surface area contributed by atoms with Crippen LogP contribution in [-0.4, -0.2) is 22.5 Å². The summed E-state index contributed by atoms with van der Waals surface area (Å²) < 4.78 is 7.30. The molecule has 216 valence electrons. The molecule has 0 amide bonds. The van der Waals surface area contributed by atoms with Crippen molar-refractivity contribution in [2.24, 2.45) is 5.92 Å². The SMILES string of the molecule is CCCCCCCCC(CCCCCC)COc1ccc2nc(C3=C(O)C(=C4C=C(C)SC(C)=C4)C3=O)sc2c1. The highest BCUT2D eigenvalue weighted by atomic mass is 32.2. The van der Waals surface area contributed by atoms with Crippen molar-refractivity contribution in [3.05, 3.63) is 62.1 Å². The summed E-state index contributed by atoms with van der Waals surface area (Å²) in [7, 11) is 0. The molecule has 0 saturated heterocycles. The van der Waals surface area contributed by atoms with Gasteiger partial charge in [0.25, 0.3) is 0 Å². The van der Waals surface area contributed by atoms with Gasteiger partial charge in [0.15, 0.2) is 0 Å². The summed E-state index contributed by atoms with van der Waals surface area (Å²) in [5.74, 6) is 1.36. The lowest BCUT2D eigenvalue weighted by molar-refractivity contribution is -0.111. The van der Waals surface area contributed by atoms with E-state index >= 15 is 0 Å². The number of rotatable bonds is 16. The third kappa shape index (κ3) is 7.91. The molecule has 1 N–H and O–H groups in total. The molecule has 40 heavy (non-hydrogen) atoms. The van der Waals surface area contributed by atoms with Crippen molar-refractivity contribution in [1.82, 2.24) is 4.98 Å². The predicted molar refractivity (Wildman–Crippen MR) is 172 cm³/mol. The molecule has 4 nitrogen and oxygen atoms in total. The zero-order chi connectivity index (χ0) is 28.5. The van der Waals surface area contributed by atoms with Crippen LogP contribution in [0.3, 0.4) is 0 Å². The highest BCUT2D eigenvalue weighted by Crippen LogP contribution is 2.43. The molecule has 0 saturated carbocycles. The van der Waals surface area contributed by atoms with Gasteiger partial charge in [-0.25, -0.2) is 4.98 Å². The molecular formula is C34H45NO3S2. The minimum atomic E-state index is -0.136. The maximum atomic E-state index is 13.1. The third-order valence-electron chi connectivity index (χ3n) is 7.75. The van der Waals surface area contributed by atoms with E-state index in [1.54, 1.807) is 11.8 Å².